The van der Waals surface area contributed by atoms with Crippen LogP contribution in [0.1, 0.15) is 11.3 Å². The predicted octanol–water partition coefficient (Wildman–Crippen LogP) is 1.79. The van der Waals surface area contributed by atoms with E-state index < -0.39 is 17.9 Å². The fourth-order valence-corrected chi connectivity index (χ4v) is 3.42. The van der Waals surface area contributed by atoms with E-state index in [1.54, 1.807) is 18.2 Å². The topological polar surface area (TPSA) is 91.7 Å². The van der Waals surface area contributed by atoms with Gasteiger partial charge in [-0.25, -0.2) is 4.98 Å². The van der Waals surface area contributed by atoms with E-state index in [2.05, 4.69) is 26.2 Å². The van der Waals surface area contributed by atoms with Crippen molar-refractivity contribution in [3.8, 4) is 11.6 Å². The van der Waals surface area contributed by atoms with E-state index in [1.807, 2.05) is 0 Å². The Kier molecular flexibility index (Phi) is 3.54. The molecule has 1 unspecified atom stereocenters. The number of carbonyl (C=O) groups excluding carboxylic acids is 1. The summed E-state index contributed by atoms with van der Waals surface area (Å²) >= 11 is 3.40. The molecule has 1 aliphatic rings. The van der Waals surface area contributed by atoms with Crippen molar-refractivity contribution in [2.24, 2.45) is 0 Å². The number of anilines is 1. The van der Waals surface area contributed by atoms with Crippen molar-refractivity contribution in [2.75, 3.05) is 19.0 Å². The second-order valence-electron chi connectivity index (χ2n) is 4.90. The molecule has 114 valence electrons. The zero-order valence-corrected chi connectivity index (χ0v) is 13.2. The number of methoxy groups -OCH3 is 1. The van der Waals surface area contributed by atoms with E-state index in [-0.39, 0.29) is 17.3 Å². The number of hydrogen-bond donors (Lipinski definition) is 3. The van der Waals surface area contributed by atoms with Crippen LogP contribution in [0.15, 0.2) is 34.8 Å². The first-order chi connectivity index (χ1) is 10.5. The molecular weight excluding hydrogens is 352 g/mol. The minimum Gasteiger partial charge on any atom is -0.506 e. The SMILES string of the molecule is COc1ccc(O)c(C2(CO)C(=O)Nc3cccc(Br)c32)n1. The summed E-state index contributed by atoms with van der Waals surface area (Å²) in [6.07, 6.45) is 0. The number of rotatable bonds is 3. The van der Waals surface area contributed by atoms with Crippen molar-refractivity contribution < 1.29 is 19.7 Å². The van der Waals surface area contributed by atoms with Crippen molar-refractivity contribution in [2.45, 2.75) is 5.41 Å². The molecule has 0 saturated carbocycles. The third-order valence-electron chi connectivity index (χ3n) is 3.78. The number of fused-ring (bicyclic) bond motifs is 1. The van der Waals surface area contributed by atoms with Gasteiger partial charge in [-0.1, -0.05) is 22.0 Å². The van der Waals surface area contributed by atoms with Gasteiger partial charge in [0.25, 0.3) is 0 Å². The van der Waals surface area contributed by atoms with Crippen molar-refractivity contribution >= 4 is 27.5 Å². The van der Waals surface area contributed by atoms with Gasteiger partial charge in [0.05, 0.1) is 13.7 Å². The highest BCUT2D eigenvalue weighted by atomic mass is 79.9. The number of aromatic hydroxyl groups is 1. The van der Waals surface area contributed by atoms with Gasteiger partial charge in [-0.2, -0.15) is 0 Å². The smallest absolute Gasteiger partial charge is 0.243 e. The Hall–Kier alpha value is -2.12. The monoisotopic (exact) mass is 364 g/mol. The van der Waals surface area contributed by atoms with Gasteiger partial charge in [0.15, 0.2) is 0 Å². The molecule has 0 bridgehead atoms. The summed E-state index contributed by atoms with van der Waals surface area (Å²) in [6, 6.07) is 8.14. The maximum absolute atomic E-state index is 12.6. The van der Waals surface area contributed by atoms with Gasteiger partial charge < -0.3 is 20.3 Å². The average molecular weight is 365 g/mol. The maximum atomic E-state index is 12.6. The largest absolute Gasteiger partial charge is 0.506 e. The first-order valence-corrected chi connectivity index (χ1v) is 7.29. The van der Waals surface area contributed by atoms with Gasteiger partial charge in [0, 0.05) is 21.8 Å². The summed E-state index contributed by atoms with van der Waals surface area (Å²) < 4.78 is 5.71. The number of hydrogen-bond acceptors (Lipinski definition) is 5. The zero-order chi connectivity index (χ0) is 15.9. The van der Waals surface area contributed by atoms with E-state index in [0.29, 0.717) is 15.7 Å². The molecule has 0 saturated heterocycles. The van der Waals surface area contributed by atoms with Crippen LogP contribution in [0, 0.1) is 0 Å². The molecule has 1 atom stereocenters. The Bertz CT molecular complexity index is 765. The molecule has 0 radical (unpaired) electrons. The molecule has 3 N–H and O–H groups in total. The number of aliphatic hydroxyl groups is 1. The molecule has 0 aliphatic carbocycles. The highest BCUT2D eigenvalue weighted by Crippen LogP contribution is 2.48. The second-order valence-corrected chi connectivity index (χ2v) is 5.76. The van der Waals surface area contributed by atoms with E-state index in [1.165, 1.54) is 19.2 Å². The molecule has 1 aromatic carbocycles. The van der Waals surface area contributed by atoms with Gasteiger partial charge in [-0.05, 0) is 18.2 Å². The standard InChI is InChI=1S/C15H13BrN2O4/c1-22-11-6-5-10(20)13(18-11)15(7-19)12-8(16)3-2-4-9(12)17-14(15)21/h2-6,19-20H,7H2,1H3,(H,17,21). The molecule has 1 amide bonds. The van der Waals surface area contributed by atoms with Crippen LogP contribution in [0.4, 0.5) is 5.69 Å². The third-order valence-corrected chi connectivity index (χ3v) is 4.44. The number of nitrogens with one attached hydrogen (secondary N) is 1. The van der Waals surface area contributed by atoms with E-state index in [4.69, 9.17) is 4.74 Å². The van der Waals surface area contributed by atoms with Crippen LogP contribution in [-0.4, -0.2) is 34.8 Å². The lowest BCUT2D eigenvalue weighted by atomic mass is 9.78. The van der Waals surface area contributed by atoms with Crippen molar-refractivity contribution in [3.63, 3.8) is 0 Å². The molecular formula is C15H13BrN2O4. The Morgan fingerprint density at radius 1 is 1.36 bits per heavy atom. The summed E-state index contributed by atoms with van der Waals surface area (Å²) in [5.41, 5.74) is -0.331. The van der Waals surface area contributed by atoms with E-state index in [9.17, 15) is 15.0 Å². The lowest BCUT2D eigenvalue weighted by Gasteiger charge is -2.26. The Morgan fingerprint density at radius 2 is 2.14 bits per heavy atom. The van der Waals surface area contributed by atoms with Crippen LogP contribution in [0.2, 0.25) is 0 Å². The quantitative estimate of drug-likeness (QED) is 0.772. The molecule has 0 spiro atoms. The fraction of sp³-hybridized carbons (Fsp3) is 0.200. The number of nitrogens with zero attached hydrogens (tertiary/aromatic N) is 1. The summed E-state index contributed by atoms with van der Waals surface area (Å²) in [5.74, 6) is -0.393. The Labute approximate surface area is 134 Å². The molecule has 1 aromatic heterocycles. The average Bonchev–Trinajstić information content (AvgIpc) is 2.81. The molecule has 2 aromatic rings. The van der Waals surface area contributed by atoms with Gasteiger partial charge in [0.1, 0.15) is 16.9 Å². The molecule has 2 heterocycles. The van der Waals surface area contributed by atoms with Crippen LogP contribution in [0.5, 0.6) is 11.6 Å². The summed E-state index contributed by atoms with van der Waals surface area (Å²) in [4.78, 5) is 16.8. The van der Waals surface area contributed by atoms with E-state index in [0.717, 1.165) is 0 Å². The number of aromatic nitrogens is 1. The van der Waals surface area contributed by atoms with Gasteiger partial charge in [-0.3, -0.25) is 4.79 Å². The van der Waals surface area contributed by atoms with Crippen LogP contribution in [-0.2, 0) is 10.2 Å². The summed E-state index contributed by atoms with van der Waals surface area (Å²) in [7, 11) is 1.44. The van der Waals surface area contributed by atoms with Crippen molar-refractivity contribution in [3.05, 3.63) is 46.1 Å². The summed E-state index contributed by atoms with van der Waals surface area (Å²) in [5, 5.41) is 22.9. The van der Waals surface area contributed by atoms with Gasteiger partial charge >= 0.3 is 0 Å². The normalized spacial score (nSPS) is 19.7. The molecule has 3 rings (SSSR count). The molecule has 7 heteroatoms. The number of pyridine rings is 1. The first kappa shape index (κ1) is 14.8. The van der Waals surface area contributed by atoms with Crippen LogP contribution in [0.3, 0.4) is 0 Å². The van der Waals surface area contributed by atoms with Crippen molar-refractivity contribution in [1.29, 1.82) is 0 Å². The highest BCUT2D eigenvalue weighted by Gasteiger charge is 2.52. The lowest BCUT2D eigenvalue weighted by molar-refractivity contribution is -0.120. The van der Waals surface area contributed by atoms with Crippen molar-refractivity contribution in [1.82, 2.24) is 4.98 Å². The first-order valence-electron chi connectivity index (χ1n) is 6.50. The lowest BCUT2D eigenvalue weighted by Crippen LogP contribution is -2.40. The molecule has 22 heavy (non-hydrogen) atoms. The van der Waals surface area contributed by atoms with Gasteiger partial charge in [0.2, 0.25) is 11.8 Å². The number of carbonyl (C=O) groups is 1. The number of halogens is 1. The van der Waals surface area contributed by atoms with Gasteiger partial charge in [-0.15, -0.1) is 0 Å². The minimum absolute atomic E-state index is 0.0532. The maximum Gasteiger partial charge on any atom is 0.243 e. The summed E-state index contributed by atoms with van der Waals surface area (Å²) in [6.45, 7) is -0.540. The molecule has 0 fully saturated rings. The number of benzene rings is 1. The number of amides is 1. The predicted molar refractivity (Wildman–Crippen MR) is 83.1 cm³/mol. The van der Waals surface area contributed by atoms with Crippen LogP contribution < -0.4 is 10.1 Å². The highest BCUT2D eigenvalue weighted by molar-refractivity contribution is 9.10. The van der Waals surface area contributed by atoms with E-state index >= 15 is 0 Å². The van der Waals surface area contributed by atoms with Crippen LogP contribution >= 0.6 is 15.9 Å². The van der Waals surface area contributed by atoms with Crippen LogP contribution in [0.25, 0.3) is 0 Å². The number of aliphatic hydroxyl groups excluding tert-OH is 1. The minimum atomic E-state index is -1.49. The second kappa shape index (κ2) is 5.26. The molecule has 6 nitrogen and oxygen atoms in total. The molecule has 1 aliphatic heterocycles. The Balaban J connectivity index is 2.34. The Morgan fingerprint density at radius 3 is 2.82 bits per heavy atom. The third kappa shape index (κ3) is 1.89. The fourth-order valence-electron chi connectivity index (χ4n) is 2.72. The zero-order valence-electron chi connectivity index (χ0n) is 11.6. The number of ether oxygens (including phenoxy) is 1.